The molecule has 9 rings (SSSR count). The van der Waals surface area contributed by atoms with Crippen molar-refractivity contribution in [1.82, 2.24) is 25.3 Å². The quantitative estimate of drug-likeness (QED) is 0.0638. The van der Waals surface area contributed by atoms with Crippen LogP contribution in [0.2, 0.25) is 0 Å². The molecule has 14 nitrogen and oxygen atoms in total. The fourth-order valence-electron chi connectivity index (χ4n) is 7.67. The molecule has 0 radical (unpaired) electrons. The fourth-order valence-corrected chi connectivity index (χ4v) is 7.67. The Labute approximate surface area is 356 Å². The number of hydrogen-bond donors (Lipinski definition) is 8. The maximum absolute atomic E-state index is 14.4. The maximum Gasteiger partial charge on any atom is 0.335 e. The van der Waals surface area contributed by atoms with Gasteiger partial charge in [0, 0.05) is 45.3 Å². The van der Waals surface area contributed by atoms with Crippen LogP contribution in [0.1, 0.15) is 69.8 Å². The van der Waals surface area contributed by atoms with Crippen LogP contribution in [0.4, 0.5) is 0 Å². The molecule has 14 heteroatoms. The lowest BCUT2D eigenvalue weighted by atomic mass is 10.0. The number of carbonyl (C=O) groups is 4. The molecule has 1 amide bonds. The highest BCUT2D eigenvalue weighted by Crippen LogP contribution is 2.37. The third-order valence-corrected chi connectivity index (χ3v) is 10.7. The zero-order valence-corrected chi connectivity index (χ0v) is 32.7. The van der Waals surface area contributed by atoms with E-state index in [1.54, 1.807) is 60.7 Å². The number of carboxylic acid groups (broad SMARTS) is 3. The number of hydrogen-bond acceptors (Lipinski definition) is 8. The molecule has 2 aliphatic rings. The Morgan fingerprint density at radius 2 is 0.857 bits per heavy atom. The van der Waals surface area contributed by atoms with Gasteiger partial charge >= 0.3 is 17.9 Å². The normalized spacial score (nSPS) is 11.7. The Bertz CT molecular complexity index is 3230. The average molecular weight is 836 g/mol. The molecule has 2 aliphatic heterocycles. The molecular formula is C49H33N5O9. The van der Waals surface area contributed by atoms with E-state index in [1.165, 1.54) is 54.6 Å². The first kappa shape index (κ1) is 39.4. The molecule has 3 aromatic heterocycles. The van der Waals surface area contributed by atoms with E-state index >= 15 is 0 Å². The van der Waals surface area contributed by atoms with E-state index in [9.17, 15) is 44.7 Å². The van der Waals surface area contributed by atoms with E-state index in [0.29, 0.717) is 72.5 Å². The summed E-state index contributed by atoms with van der Waals surface area (Å²) in [5, 5.41) is 52.5. The van der Waals surface area contributed by atoms with Crippen LogP contribution in [-0.4, -0.2) is 69.3 Å². The molecule has 0 saturated carbocycles. The smallest absolute Gasteiger partial charge is 0.335 e. The maximum atomic E-state index is 14.4. The van der Waals surface area contributed by atoms with Crippen molar-refractivity contribution < 1.29 is 44.7 Å². The molecular weight excluding hydrogens is 803 g/mol. The number of carboxylic acids is 3. The number of rotatable bonds is 9. The van der Waals surface area contributed by atoms with Crippen molar-refractivity contribution in [2.24, 2.45) is 0 Å². The van der Waals surface area contributed by atoms with Crippen LogP contribution >= 0.6 is 0 Å². The molecule has 0 fully saturated rings. The van der Waals surface area contributed by atoms with E-state index in [1.807, 2.05) is 24.3 Å². The summed E-state index contributed by atoms with van der Waals surface area (Å²) in [6.07, 6.45) is 7.07. The number of aromatic hydroxyl groups is 2. The summed E-state index contributed by atoms with van der Waals surface area (Å²) in [5.41, 5.74) is 8.08. The predicted octanol–water partition coefficient (Wildman–Crippen LogP) is 9.09. The van der Waals surface area contributed by atoms with Crippen molar-refractivity contribution in [3.05, 3.63) is 166 Å². The first-order valence-electron chi connectivity index (χ1n) is 19.4. The summed E-state index contributed by atoms with van der Waals surface area (Å²) >= 11 is 0. The van der Waals surface area contributed by atoms with Gasteiger partial charge in [-0.1, -0.05) is 36.4 Å². The second-order valence-corrected chi connectivity index (χ2v) is 14.6. The van der Waals surface area contributed by atoms with Gasteiger partial charge in [-0.2, -0.15) is 0 Å². The summed E-state index contributed by atoms with van der Waals surface area (Å²) in [5.74, 6) is -4.06. The highest BCUT2D eigenvalue weighted by Gasteiger charge is 2.22. The minimum atomic E-state index is -1.09. The van der Waals surface area contributed by atoms with Gasteiger partial charge in [-0.25, -0.2) is 24.4 Å². The Hall–Kier alpha value is -9.04. The van der Waals surface area contributed by atoms with Gasteiger partial charge in [0.25, 0.3) is 5.91 Å². The lowest BCUT2D eigenvalue weighted by molar-refractivity contribution is 0.0686. The van der Waals surface area contributed by atoms with Crippen molar-refractivity contribution in [3.8, 4) is 44.9 Å². The van der Waals surface area contributed by atoms with Crippen LogP contribution in [0.5, 0.6) is 11.5 Å². The Morgan fingerprint density at radius 1 is 0.476 bits per heavy atom. The number of phenolic OH excluding ortho intramolecular Hbond substituents is 2. The number of carbonyl (C=O) groups excluding carboxylic acids is 1. The van der Waals surface area contributed by atoms with Crippen molar-refractivity contribution in [3.63, 3.8) is 0 Å². The average Bonchev–Trinajstić information content (AvgIpc) is 4.13. The molecule has 4 aromatic carbocycles. The van der Waals surface area contributed by atoms with Crippen molar-refractivity contribution in [2.45, 2.75) is 6.54 Å². The standard InChI is InChI=1S/C49H33N5O9/c55-32-13-22-41(56)31(23-32)24-50-46(57)45-39-20-18-37(53-39)43(26-3-9-29(10-4-26)48(60)61)35-16-14-33(51-35)42(25-1-7-28(8-2-25)47(58)59)34-15-17-36(52-34)44(38-19-21-40(45)54-38)27-5-11-30(12-6-27)49(62)63/h1-23,51,54-56H,24H2,(H,50,57)(H,58,59)(H,60,61)(H,62,63). The first-order chi connectivity index (χ1) is 30.4. The minimum Gasteiger partial charge on any atom is -0.508 e. The minimum absolute atomic E-state index is 0.0796. The van der Waals surface area contributed by atoms with E-state index in [0.717, 1.165) is 0 Å². The number of aromatic nitrogens is 4. The van der Waals surface area contributed by atoms with Gasteiger partial charge in [0.2, 0.25) is 0 Å². The summed E-state index contributed by atoms with van der Waals surface area (Å²) < 4.78 is 0. The van der Waals surface area contributed by atoms with Crippen LogP contribution in [-0.2, 0) is 6.54 Å². The third-order valence-electron chi connectivity index (χ3n) is 10.7. The Kier molecular flexibility index (Phi) is 9.92. The van der Waals surface area contributed by atoms with Gasteiger partial charge in [-0.15, -0.1) is 0 Å². The van der Waals surface area contributed by atoms with Gasteiger partial charge < -0.3 is 40.8 Å². The van der Waals surface area contributed by atoms with E-state index < -0.39 is 23.8 Å². The van der Waals surface area contributed by atoms with Crippen molar-refractivity contribution in [1.29, 1.82) is 0 Å². The molecule has 0 unspecified atom stereocenters. The van der Waals surface area contributed by atoms with E-state index in [4.69, 9.17) is 9.97 Å². The second kappa shape index (κ2) is 15.9. The van der Waals surface area contributed by atoms with Crippen molar-refractivity contribution in [2.75, 3.05) is 0 Å². The van der Waals surface area contributed by atoms with Crippen LogP contribution < -0.4 is 5.32 Å². The third kappa shape index (κ3) is 7.55. The number of aromatic amines is 2. The highest BCUT2D eigenvalue weighted by atomic mass is 16.4. The number of nitrogens with one attached hydrogen (secondary N) is 3. The molecule has 63 heavy (non-hydrogen) atoms. The molecule has 0 atom stereocenters. The molecule has 7 aromatic rings. The lowest BCUT2D eigenvalue weighted by Crippen LogP contribution is -2.24. The summed E-state index contributed by atoms with van der Waals surface area (Å²) in [7, 11) is 0. The first-order valence-corrected chi connectivity index (χ1v) is 19.4. The number of amides is 1. The van der Waals surface area contributed by atoms with Gasteiger partial charge in [-0.05, 0) is 120 Å². The van der Waals surface area contributed by atoms with E-state index in [2.05, 4.69) is 15.3 Å². The molecule has 8 N–H and O–H groups in total. The molecule has 8 bridgehead atoms. The topological polar surface area (TPSA) is 239 Å². The summed E-state index contributed by atoms with van der Waals surface area (Å²) in [6, 6.07) is 30.2. The zero-order valence-electron chi connectivity index (χ0n) is 32.7. The van der Waals surface area contributed by atoms with E-state index in [-0.39, 0.29) is 51.6 Å². The Balaban J connectivity index is 1.37. The predicted molar refractivity (Wildman–Crippen MR) is 237 cm³/mol. The van der Waals surface area contributed by atoms with Crippen LogP contribution in [0.25, 0.3) is 79.8 Å². The number of H-pyrrole nitrogens is 2. The van der Waals surface area contributed by atoms with Gasteiger partial charge in [-0.3, -0.25) is 4.79 Å². The SMILES string of the molecule is O=C(O)c1ccc(-c2c3nc(c(-c4ccc(C(=O)O)cc4)c4ccc([nH]4)c(-c4ccc(C(=O)O)cc4)c4nc(c(C(=O)NCc5cc(O)ccc5O)c5ccc2[nH]5)C=C4)C=C3)cc1. The van der Waals surface area contributed by atoms with Gasteiger partial charge in [0.05, 0.1) is 50.5 Å². The van der Waals surface area contributed by atoms with Crippen LogP contribution in [0.3, 0.4) is 0 Å². The largest absolute Gasteiger partial charge is 0.508 e. The number of nitrogens with zero attached hydrogens (tertiary/aromatic N) is 2. The second-order valence-electron chi connectivity index (χ2n) is 14.6. The lowest BCUT2D eigenvalue weighted by Gasteiger charge is -2.09. The molecule has 0 spiro atoms. The summed E-state index contributed by atoms with van der Waals surface area (Å²) in [4.78, 5) is 67.0. The molecule has 308 valence electrons. The number of phenols is 2. The monoisotopic (exact) mass is 835 g/mol. The molecule has 5 heterocycles. The van der Waals surface area contributed by atoms with Gasteiger partial charge in [0.1, 0.15) is 11.5 Å². The number of benzene rings is 4. The Morgan fingerprint density at radius 3 is 1.29 bits per heavy atom. The molecule has 0 saturated heterocycles. The van der Waals surface area contributed by atoms with Crippen LogP contribution in [0.15, 0.2) is 115 Å². The van der Waals surface area contributed by atoms with Crippen LogP contribution in [0, 0.1) is 0 Å². The highest BCUT2D eigenvalue weighted by molar-refractivity contribution is 6.06. The zero-order chi connectivity index (χ0) is 43.9. The summed E-state index contributed by atoms with van der Waals surface area (Å²) in [6.45, 7) is -0.145. The van der Waals surface area contributed by atoms with Gasteiger partial charge in [0.15, 0.2) is 0 Å². The number of fused-ring (bicyclic) bond motifs is 8. The molecule has 0 aliphatic carbocycles. The van der Waals surface area contributed by atoms with Crippen molar-refractivity contribution >= 4 is 70.2 Å². The fraction of sp³-hybridized carbons (Fsp3) is 0.0204. The number of aromatic carboxylic acids is 3.